The molecule has 7 heteroatoms. The molecule has 2 heterocycles. The highest BCUT2D eigenvalue weighted by Crippen LogP contribution is 2.36. The summed E-state index contributed by atoms with van der Waals surface area (Å²) in [6.45, 7) is 0. The molecule has 1 N–H and O–H groups in total. The largest absolute Gasteiger partial charge is 0.337 e. The van der Waals surface area contributed by atoms with Crippen LogP contribution >= 0.6 is 22.9 Å². The maximum absolute atomic E-state index is 11.2. The van der Waals surface area contributed by atoms with Gasteiger partial charge in [-0.15, -0.1) is 11.3 Å². The molecule has 0 amide bonds. The molecule has 4 aromatic rings. The molecular weight excluding hydrogens is 370 g/mol. The van der Waals surface area contributed by atoms with Crippen LogP contribution in [0, 0.1) is 10.1 Å². The molecule has 0 aliphatic carbocycles. The van der Waals surface area contributed by atoms with Crippen molar-refractivity contribution in [1.82, 2.24) is 9.97 Å². The highest BCUT2D eigenvalue weighted by Gasteiger charge is 2.19. The second-order valence-corrected chi connectivity index (χ2v) is 6.93. The van der Waals surface area contributed by atoms with Crippen molar-refractivity contribution in [2.24, 2.45) is 0 Å². The third-order valence-corrected chi connectivity index (χ3v) is 5.14. The Bertz CT molecular complexity index is 1080. The van der Waals surface area contributed by atoms with E-state index in [2.05, 4.69) is 4.98 Å². The van der Waals surface area contributed by atoms with Crippen molar-refractivity contribution in [3.8, 4) is 33.2 Å². The van der Waals surface area contributed by atoms with Crippen molar-refractivity contribution in [3.63, 3.8) is 0 Å². The summed E-state index contributed by atoms with van der Waals surface area (Å²) in [5, 5.41) is 13.3. The minimum absolute atomic E-state index is 0.104. The van der Waals surface area contributed by atoms with E-state index >= 15 is 0 Å². The van der Waals surface area contributed by atoms with Gasteiger partial charge in [0.1, 0.15) is 10.8 Å². The SMILES string of the molecule is O=[N+]([O-])c1cc(-c2nc(-c3ccccc3)c(-c3cccs3)[nH]2)ccc1Cl. The molecule has 0 fully saturated rings. The fourth-order valence-electron chi connectivity index (χ4n) is 2.71. The Labute approximate surface area is 158 Å². The number of rotatable bonds is 4. The summed E-state index contributed by atoms with van der Waals surface area (Å²) in [6.07, 6.45) is 0. The number of nitrogens with one attached hydrogen (secondary N) is 1. The summed E-state index contributed by atoms with van der Waals surface area (Å²) >= 11 is 7.52. The molecule has 0 atom stereocenters. The number of thiophene rings is 1. The summed E-state index contributed by atoms with van der Waals surface area (Å²) in [4.78, 5) is 19.8. The van der Waals surface area contributed by atoms with Gasteiger partial charge in [-0.25, -0.2) is 4.98 Å². The first kappa shape index (κ1) is 16.5. The summed E-state index contributed by atoms with van der Waals surface area (Å²) < 4.78 is 0. The Hall–Kier alpha value is -2.96. The molecule has 0 aliphatic rings. The molecule has 26 heavy (non-hydrogen) atoms. The van der Waals surface area contributed by atoms with Gasteiger partial charge >= 0.3 is 0 Å². The molecule has 0 aliphatic heterocycles. The first-order chi connectivity index (χ1) is 12.6. The monoisotopic (exact) mass is 381 g/mol. The zero-order valence-electron chi connectivity index (χ0n) is 13.3. The van der Waals surface area contributed by atoms with Gasteiger partial charge < -0.3 is 4.98 Å². The van der Waals surface area contributed by atoms with E-state index in [0.717, 1.165) is 21.8 Å². The second kappa shape index (κ2) is 6.74. The fourth-order valence-corrected chi connectivity index (χ4v) is 3.63. The average Bonchev–Trinajstić information content (AvgIpc) is 3.32. The Kier molecular flexibility index (Phi) is 4.28. The maximum atomic E-state index is 11.2. The summed E-state index contributed by atoms with van der Waals surface area (Å²) in [5.74, 6) is 0.562. The predicted octanol–water partition coefficient (Wildman–Crippen LogP) is 6.03. The summed E-state index contributed by atoms with van der Waals surface area (Å²) in [6, 6.07) is 18.5. The van der Waals surface area contributed by atoms with E-state index in [1.54, 1.807) is 17.4 Å². The van der Waals surface area contributed by atoms with E-state index in [-0.39, 0.29) is 10.7 Å². The molecule has 0 saturated carbocycles. The van der Waals surface area contributed by atoms with Crippen molar-refractivity contribution in [3.05, 3.63) is 81.2 Å². The van der Waals surface area contributed by atoms with E-state index in [0.29, 0.717) is 11.4 Å². The number of hydrogen-bond acceptors (Lipinski definition) is 4. The summed E-state index contributed by atoms with van der Waals surface area (Å²) in [5.41, 5.74) is 3.14. The Morgan fingerprint density at radius 1 is 1.04 bits per heavy atom. The lowest BCUT2D eigenvalue weighted by atomic mass is 10.1. The van der Waals surface area contributed by atoms with Gasteiger partial charge in [0.15, 0.2) is 0 Å². The van der Waals surface area contributed by atoms with Crippen LogP contribution in [0.5, 0.6) is 0 Å². The molecule has 0 spiro atoms. The van der Waals surface area contributed by atoms with Gasteiger partial charge in [0.2, 0.25) is 0 Å². The number of nitrogens with zero attached hydrogens (tertiary/aromatic N) is 2. The zero-order valence-corrected chi connectivity index (χ0v) is 14.9. The lowest BCUT2D eigenvalue weighted by Gasteiger charge is -1.99. The van der Waals surface area contributed by atoms with Crippen LogP contribution in [0.2, 0.25) is 5.02 Å². The normalized spacial score (nSPS) is 10.8. The third kappa shape index (κ3) is 3.00. The zero-order chi connectivity index (χ0) is 18.1. The van der Waals surface area contributed by atoms with Gasteiger partial charge in [0.05, 0.1) is 21.2 Å². The van der Waals surface area contributed by atoms with Gasteiger partial charge in [-0.1, -0.05) is 48.0 Å². The minimum Gasteiger partial charge on any atom is -0.337 e. The molecule has 2 aromatic carbocycles. The van der Waals surface area contributed by atoms with E-state index < -0.39 is 4.92 Å². The minimum atomic E-state index is -0.493. The molecule has 0 unspecified atom stereocenters. The van der Waals surface area contributed by atoms with Gasteiger partial charge in [-0.3, -0.25) is 10.1 Å². The average molecular weight is 382 g/mol. The van der Waals surface area contributed by atoms with Crippen LogP contribution < -0.4 is 0 Å². The number of H-pyrrole nitrogens is 1. The standard InChI is InChI=1S/C19H12ClN3O2S/c20-14-9-8-13(11-15(14)23(24)25)19-21-17(12-5-2-1-3-6-12)18(22-19)16-7-4-10-26-16/h1-11H,(H,21,22). The fraction of sp³-hybridized carbons (Fsp3) is 0. The Balaban J connectivity index is 1.89. The number of aromatic amines is 1. The highest BCUT2D eigenvalue weighted by molar-refractivity contribution is 7.13. The third-order valence-electron chi connectivity index (χ3n) is 3.93. The smallest absolute Gasteiger partial charge is 0.288 e. The number of hydrogen-bond donors (Lipinski definition) is 1. The van der Waals surface area contributed by atoms with Crippen molar-refractivity contribution in [1.29, 1.82) is 0 Å². The van der Waals surface area contributed by atoms with Crippen LogP contribution in [0.15, 0.2) is 66.0 Å². The Morgan fingerprint density at radius 3 is 2.54 bits per heavy atom. The molecule has 2 aromatic heterocycles. The number of benzene rings is 2. The topological polar surface area (TPSA) is 71.8 Å². The van der Waals surface area contributed by atoms with Crippen molar-refractivity contribution in [2.45, 2.75) is 0 Å². The van der Waals surface area contributed by atoms with Crippen LogP contribution in [-0.4, -0.2) is 14.9 Å². The predicted molar refractivity (Wildman–Crippen MR) is 104 cm³/mol. The van der Waals surface area contributed by atoms with Crippen LogP contribution in [0.3, 0.4) is 0 Å². The lowest BCUT2D eigenvalue weighted by molar-refractivity contribution is -0.384. The van der Waals surface area contributed by atoms with Crippen LogP contribution in [0.1, 0.15) is 0 Å². The van der Waals surface area contributed by atoms with Crippen LogP contribution in [-0.2, 0) is 0 Å². The highest BCUT2D eigenvalue weighted by atomic mass is 35.5. The first-order valence-corrected chi connectivity index (χ1v) is 9.03. The van der Waals surface area contributed by atoms with Crippen molar-refractivity contribution >= 4 is 28.6 Å². The molecule has 0 bridgehead atoms. The quantitative estimate of drug-likeness (QED) is 0.346. The molecule has 5 nitrogen and oxygen atoms in total. The molecule has 0 radical (unpaired) electrons. The second-order valence-electron chi connectivity index (χ2n) is 5.58. The molecule has 4 rings (SSSR count). The van der Waals surface area contributed by atoms with E-state index in [9.17, 15) is 10.1 Å². The van der Waals surface area contributed by atoms with Gasteiger partial charge in [0.25, 0.3) is 5.69 Å². The van der Waals surface area contributed by atoms with E-state index in [4.69, 9.17) is 16.6 Å². The lowest BCUT2D eigenvalue weighted by Crippen LogP contribution is -1.90. The van der Waals surface area contributed by atoms with Crippen LogP contribution in [0.4, 0.5) is 5.69 Å². The van der Waals surface area contributed by atoms with E-state index in [1.165, 1.54) is 12.1 Å². The first-order valence-electron chi connectivity index (χ1n) is 7.77. The van der Waals surface area contributed by atoms with E-state index in [1.807, 2.05) is 47.8 Å². The summed E-state index contributed by atoms with van der Waals surface area (Å²) in [7, 11) is 0. The van der Waals surface area contributed by atoms with Gasteiger partial charge in [-0.2, -0.15) is 0 Å². The number of halogens is 1. The van der Waals surface area contributed by atoms with Crippen LogP contribution in [0.25, 0.3) is 33.2 Å². The number of nitro groups is 1. The van der Waals surface area contributed by atoms with Crippen molar-refractivity contribution in [2.75, 3.05) is 0 Å². The number of nitro benzene ring substituents is 1. The number of aromatic nitrogens is 2. The molecule has 0 saturated heterocycles. The van der Waals surface area contributed by atoms with Gasteiger partial charge in [0, 0.05) is 17.2 Å². The van der Waals surface area contributed by atoms with Crippen molar-refractivity contribution < 1.29 is 4.92 Å². The number of imidazole rings is 1. The maximum Gasteiger partial charge on any atom is 0.288 e. The molecule has 128 valence electrons. The molecular formula is C19H12ClN3O2S. The Morgan fingerprint density at radius 2 is 1.85 bits per heavy atom. The van der Waals surface area contributed by atoms with Gasteiger partial charge in [-0.05, 0) is 23.6 Å².